The quantitative estimate of drug-likeness (QED) is 0.733. The fraction of sp³-hybridized carbons (Fsp3) is 1.00. The Kier molecular flexibility index (Phi) is 4.34. The van der Waals surface area contributed by atoms with Gasteiger partial charge in [-0.2, -0.15) is 4.31 Å². The minimum absolute atomic E-state index is 0.00404. The highest BCUT2D eigenvalue weighted by Gasteiger charge is 2.41. The standard InChI is InChI=1S/C11H20ClNO3S/c1-9(7-12)8-17(14,15)13-5-6-16-11-4-2-3-10(11)13/h9-11H,2-8H2,1H3. The Morgan fingerprint density at radius 2 is 2.24 bits per heavy atom. The molecule has 0 aromatic rings. The summed E-state index contributed by atoms with van der Waals surface area (Å²) in [6.07, 6.45) is 3.10. The number of hydrogen-bond acceptors (Lipinski definition) is 3. The van der Waals surface area contributed by atoms with Crippen LogP contribution in [0.4, 0.5) is 0 Å². The zero-order valence-corrected chi connectivity index (χ0v) is 11.7. The van der Waals surface area contributed by atoms with Crippen molar-refractivity contribution in [3.05, 3.63) is 0 Å². The molecule has 0 N–H and O–H groups in total. The number of alkyl halides is 1. The Balaban J connectivity index is 2.09. The van der Waals surface area contributed by atoms with Crippen LogP contribution in [-0.2, 0) is 14.8 Å². The van der Waals surface area contributed by atoms with Gasteiger partial charge in [-0.15, -0.1) is 11.6 Å². The maximum Gasteiger partial charge on any atom is 0.214 e. The molecule has 1 saturated heterocycles. The number of rotatable bonds is 4. The molecule has 1 aliphatic heterocycles. The first-order valence-electron chi connectivity index (χ1n) is 6.21. The molecule has 100 valence electrons. The van der Waals surface area contributed by atoms with Crippen LogP contribution < -0.4 is 0 Å². The summed E-state index contributed by atoms with van der Waals surface area (Å²) in [6.45, 7) is 2.89. The first-order valence-corrected chi connectivity index (χ1v) is 8.36. The molecule has 0 radical (unpaired) electrons. The number of hydrogen-bond donors (Lipinski definition) is 0. The Morgan fingerprint density at radius 3 is 2.94 bits per heavy atom. The number of sulfonamides is 1. The van der Waals surface area contributed by atoms with Gasteiger partial charge in [0.15, 0.2) is 0 Å². The summed E-state index contributed by atoms with van der Waals surface area (Å²) in [6, 6.07) is 0.0660. The van der Waals surface area contributed by atoms with Gasteiger partial charge in [-0.25, -0.2) is 8.42 Å². The predicted molar refractivity (Wildman–Crippen MR) is 67.8 cm³/mol. The third-order valence-electron chi connectivity index (χ3n) is 3.55. The molecule has 3 atom stereocenters. The average molecular weight is 282 g/mol. The van der Waals surface area contributed by atoms with Gasteiger partial charge >= 0.3 is 0 Å². The maximum atomic E-state index is 12.3. The van der Waals surface area contributed by atoms with E-state index in [1.165, 1.54) is 0 Å². The van der Waals surface area contributed by atoms with Crippen molar-refractivity contribution < 1.29 is 13.2 Å². The fourth-order valence-electron chi connectivity index (χ4n) is 2.74. The zero-order chi connectivity index (χ0) is 12.5. The van der Waals surface area contributed by atoms with E-state index in [9.17, 15) is 8.42 Å². The van der Waals surface area contributed by atoms with Crippen LogP contribution in [0, 0.1) is 5.92 Å². The van der Waals surface area contributed by atoms with Gasteiger partial charge in [0, 0.05) is 12.4 Å². The lowest BCUT2D eigenvalue weighted by Gasteiger charge is -2.37. The second-order valence-corrected chi connectivity index (χ2v) is 7.33. The Morgan fingerprint density at radius 1 is 1.47 bits per heavy atom. The van der Waals surface area contributed by atoms with E-state index in [2.05, 4.69) is 0 Å². The van der Waals surface area contributed by atoms with Crippen molar-refractivity contribution in [2.45, 2.75) is 38.3 Å². The number of morpholine rings is 1. The largest absolute Gasteiger partial charge is 0.375 e. The molecule has 4 nitrogen and oxygen atoms in total. The molecule has 0 aromatic heterocycles. The molecule has 1 saturated carbocycles. The Bertz CT molecular complexity index is 360. The van der Waals surface area contributed by atoms with E-state index in [1.54, 1.807) is 4.31 Å². The van der Waals surface area contributed by atoms with Gasteiger partial charge in [0.25, 0.3) is 0 Å². The van der Waals surface area contributed by atoms with E-state index in [1.807, 2.05) is 6.92 Å². The third kappa shape index (κ3) is 2.95. The van der Waals surface area contributed by atoms with Crippen molar-refractivity contribution in [2.75, 3.05) is 24.8 Å². The van der Waals surface area contributed by atoms with Crippen molar-refractivity contribution in [2.24, 2.45) is 5.92 Å². The van der Waals surface area contributed by atoms with Gasteiger partial charge in [0.2, 0.25) is 10.0 Å². The first kappa shape index (κ1) is 13.6. The van der Waals surface area contributed by atoms with Crippen LogP contribution in [0.15, 0.2) is 0 Å². The lowest BCUT2D eigenvalue weighted by molar-refractivity contribution is -0.0242. The van der Waals surface area contributed by atoms with Crippen LogP contribution >= 0.6 is 11.6 Å². The summed E-state index contributed by atoms with van der Waals surface area (Å²) in [5.41, 5.74) is 0. The van der Waals surface area contributed by atoms with Gasteiger partial charge in [-0.3, -0.25) is 0 Å². The number of halogens is 1. The molecule has 1 heterocycles. The summed E-state index contributed by atoms with van der Waals surface area (Å²) in [7, 11) is -3.18. The lowest BCUT2D eigenvalue weighted by Crippen LogP contribution is -2.52. The van der Waals surface area contributed by atoms with Crippen LogP contribution in [-0.4, -0.2) is 49.7 Å². The predicted octanol–water partition coefficient (Wildman–Crippen LogP) is 1.44. The molecule has 0 amide bonds. The summed E-state index contributed by atoms with van der Waals surface area (Å²) in [4.78, 5) is 0. The molecule has 6 heteroatoms. The van der Waals surface area contributed by atoms with E-state index >= 15 is 0 Å². The van der Waals surface area contributed by atoms with Crippen LogP contribution in [0.25, 0.3) is 0 Å². The van der Waals surface area contributed by atoms with Gasteiger partial charge in [0.05, 0.1) is 24.5 Å². The van der Waals surface area contributed by atoms with Crippen LogP contribution in [0.1, 0.15) is 26.2 Å². The van der Waals surface area contributed by atoms with Gasteiger partial charge in [-0.1, -0.05) is 6.92 Å². The molecule has 0 bridgehead atoms. The molecular weight excluding hydrogens is 262 g/mol. The zero-order valence-electron chi connectivity index (χ0n) is 10.1. The molecule has 17 heavy (non-hydrogen) atoms. The second kappa shape index (κ2) is 5.43. The van der Waals surface area contributed by atoms with E-state index < -0.39 is 10.0 Å². The van der Waals surface area contributed by atoms with Crippen molar-refractivity contribution in [1.82, 2.24) is 4.31 Å². The third-order valence-corrected chi connectivity index (χ3v) is 6.23. The van der Waals surface area contributed by atoms with Gasteiger partial charge < -0.3 is 4.74 Å². The van der Waals surface area contributed by atoms with Crippen LogP contribution in [0.3, 0.4) is 0 Å². The summed E-state index contributed by atoms with van der Waals surface area (Å²) >= 11 is 5.70. The topological polar surface area (TPSA) is 46.6 Å². The van der Waals surface area contributed by atoms with Crippen molar-refractivity contribution in [3.63, 3.8) is 0 Å². The Labute approximate surface area is 108 Å². The molecule has 3 unspecified atom stereocenters. The monoisotopic (exact) mass is 281 g/mol. The first-order chi connectivity index (χ1) is 8.04. The van der Waals surface area contributed by atoms with E-state index in [0.29, 0.717) is 19.0 Å². The normalized spacial score (nSPS) is 32.4. The highest BCUT2D eigenvalue weighted by molar-refractivity contribution is 7.89. The molecule has 0 spiro atoms. The van der Waals surface area contributed by atoms with Crippen LogP contribution in [0.2, 0.25) is 0 Å². The van der Waals surface area contributed by atoms with Crippen LogP contribution in [0.5, 0.6) is 0 Å². The minimum atomic E-state index is -3.18. The number of ether oxygens (including phenoxy) is 1. The summed E-state index contributed by atoms with van der Waals surface area (Å²) in [5, 5.41) is 0. The SMILES string of the molecule is CC(CCl)CS(=O)(=O)N1CCOC2CCCC21. The molecule has 2 fully saturated rings. The summed E-state index contributed by atoms with van der Waals surface area (Å²) in [5.74, 6) is 0.543. The smallest absolute Gasteiger partial charge is 0.214 e. The molecule has 0 aromatic carbocycles. The van der Waals surface area contributed by atoms with E-state index in [-0.39, 0.29) is 23.8 Å². The maximum absolute atomic E-state index is 12.3. The van der Waals surface area contributed by atoms with Crippen molar-refractivity contribution in [1.29, 1.82) is 0 Å². The molecule has 2 rings (SSSR count). The van der Waals surface area contributed by atoms with Gasteiger partial charge in [0.1, 0.15) is 0 Å². The highest BCUT2D eigenvalue weighted by atomic mass is 35.5. The van der Waals surface area contributed by atoms with Crippen molar-refractivity contribution in [3.8, 4) is 0 Å². The van der Waals surface area contributed by atoms with Gasteiger partial charge in [-0.05, 0) is 25.2 Å². The second-order valence-electron chi connectivity index (χ2n) is 5.06. The molecular formula is C11H20ClNO3S. The summed E-state index contributed by atoms with van der Waals surface area (Å²) < 4.78 is 31.9. The highest BCUT2D eigenvalue weighted by Crippen LogP contribution is 2.31. The van der Waals surface area contributed by atoms with E-state index in [4.69, 9.17) is 16.3 Å². The average Bonchev–Trinajstić information content (AvgIpc) is 2.75. The fourth-order valence-corrected chi connectivity index (χ4v) is 5.01. The lowest BCUT2D eigenvalue weighted by atomic mass is 10.2. The Hall–Kier alpha value is 0.160. The molecule has 1 aliphatic carbocycles. The van der Waals surface area contributed by atoms with E-state index in [0.717, 1.165) is 19.3 Å². The molecule has 2 aliphatic rings. The van der Waals surface area contributed by atoms with Crippen molar-refractivity contribution >= 4 is 21.6 Å². The minimum Gasteiger partial charge on any atom is -0.375 e. The number of fused-ring (bicyclic) bond motifs is 1. The number of nitrogens with zero attached hydrogens (tertiary/aromatic N) is 1.